The van der Waals surface area contributed by atoms with Crippen LogP contribution in [0.25, 0.3) is 0 Å². The van der Waals surface area contributed by atoms with Crippen molar-refractivity contribution in [3.63, 3.8) is 0 Å². The maximum atomic E-state index is 5.96. The highest BCUT2D eigenvalue weighted by atomic mass is 35.5. The molecule has 1 atom stereocenters. The van der Waals surface area contributed by atoms with Crippen molar-refractivity contribution in [2.45, 2.75) is 19.3 Å². The van der Waals surface area contributed by atoms with E-state index in [-0.39, 0.29) is 0 Å². The molecular formula is C17H20ClN. The van der Waals surface area contributed by atoms with E-state index in [1.807, 2.05) is 19.2 Å². The van der Waals surface area contributed by atoms with Crippen molar-refractivity contribution in [1.82, 2.24) is 5.32 Å². The first-order chi connectivity index (χ1) is 9.19. The van der Waals surface area contributed by atoms with Gasteiger partial charge in [-0.1, -0.05) is 53.6 Å². The monoisotopic (exact) mass is 273 g/mol. The molecule has 0 amide bonds. The molecule has 0 heterocycles. The van der Waals surface area contributed by atoms with Crippen LogP contribution >= 0.6 is 11.6 Å². The molecule has 2 rings (SSSR count). The first-order valence-electron chi connectivity index (χ1n) is 6.64. The molecule has 0 spiro atoms. The second-order valence-corrected chi connectivity index (χ2v) is 5.43. The van der Waals surface area contributed by atoms with Crippen molar-refractivity contribution >= 4 is 11.6 Å². The predicted molar refractivity (Wildman–Crippen MR) is 83.0 cm³/mol. The lowest BCUT2D eigenvalue weighted by atomic mass is 9.91. The fraction of sp³-hybridized carbons (Fsp3) is 0.294. The molecule has 0 fully saturated rings. The number of aryl methyl sites for hydroxylation is 1. The third-order valence-corrected chi connectivity index (χ3v) is 3.65. The molecule has 0 radical (unpaired) electrons. The molecule has 19 heavy (non-hydrogen) atoms. The zero-order valence-corrected chi connectivity index (χ0v) is 12.2. The highest BCUT2D eigenvalue weighted by molar-refractivity contribution is 6.30. The molecule has 0 aliphatic carbocycles. The smallest absolute Gasteiger partial charge is 0.0406 e. The lowest BCUT2D eigenvalue weighted by molar-refractivity contribution is 0.626. The quantitative estimate of drug-likeness (QED) is 0.861. The molecule has 0 bridgehead atoms. The third-order valence-electron chi connectivity index (χ3n) is 3.39. The maximum Gasteiger partial charge on any atom is 0.0406 e. The van der Waals surface area contributed by atoms with Gasteiger partial charge in [0.15, 0.2) is 0 Å². The van der Waals surface area contributed by atoms with Gasteiger partial charge < -0.3 is 5.32 Å². The van der Waals surface area contributed by atoms with Gasteiger partial charge in [0, 0.05) is 17.5 Å². The van der Waals surface area contributed by atoms with Crippen molar-refractivity contribution < 1.29 is 0 Å². The maximum absolute atomic E-state index is 5.96. The zero-order valence-electron chi connectivity index (χ0n) is 11.5. The third kappa shape index (κ3) is 4.09. The molecule has 2 heteroatoms. The Morgan fingerprint density at radius 3 is 2.21 bits per heavy atom. The average Bonchev–Trinajstić information content (AvgIpc) is 2.42. The second-order valence-electron chi connectivity index (χ2n) is 5.00. The van der Waals surface area contributed by atoms with Crippen LogP contribution in [0, 0.1) is 6.92 Å². The Morgan fingerprint density at radius 1 is 1.00 bits per heavy atom. The van der Waals surface area contributed by atoms with Gasteiger partial charge in [-0.25, -0.2) is 0 Å². The predicted octanol–water partition coefficient (Wildman–Crippen LogP) is 4.19. The summed E-state index contributed by atoms with van der Waals surface area (Å²) in [5.74, 6) is 0.477. The van der Waals surface area contributed by atoms with Crippen molar-refractivity contribution in [2.75, 3.05) is 13.6 Å². The molecule has 0 aliphatic heterocycles. The van der Waals surface area contributed by atoms with Crippen LogP contribution < -0.4 is 5.32 Å². The minimum Gasteiger partial charge on any atom is -0.319 e. The van der Waals surface area contributed by atoms with Gasteiger partial charge in [-0.2, -0.15) is 0 Å². The summed E-state index contributed by atoms with van der Waals surface area (Å²) < 4.78 is 0. The van der Waals surface area contributed by atoms with Crippen molar-refractivity contribution in [1.29, 1.82) is 0 Å². The Labute approximate surface area is 120 Å². The number of hydrogen-bond acceptors (Lipinski definition) is 1. The standard InChI is InChI=1S/C17H20ClN/c1-13-3-5-14(6-4-13)11-16(12-19-2)15-7-9-17(18)10-8-15/h3-10,16,19H,11-12H2,1-2H3. The highest BCUT2D eigenvalue weighted by Crippen LogP contribution is 2.22. The summed E-state index contributed by atoms with van der Waals surface area (Å²) in [5.41, 5.74) is 4.01. The van der Waals surface area contributed by atoms with Crippen LogP contribution in [0.15, 0.2) is 48.5 Å². The first kappa shape index (κ1) is 14.1. The minimum absolute atomic E-state index is 0.477. The van der Waals surface area contributed by atoms with Crippen molar-refractivity contribution in [3.8, 4) is 0 Å². The summed E-state index contributed by atoms with van der Waals surface area (Å²) in [5, 5.41) is 4.07. The average molecular weight is 274 g/mol. The summed E-state index contributed by atoms with van der Waals surface area (Å²) in [6.45, 7) is 3.09. The van der Waals surface area contributed by atoms with E-state index >= 15 is 0 Å². The van der Waals surface area contributed by atoms with Crippen LogP contribution in [-0.4, -0.2) is 13.6 Å². The number of hydrogen-bond donors (Lipinski definition) is 1. The number of rotatable bonds is 5. The molecule has 0 aromatic heterocycles. The van der Waals surface area contributed by atoms with Gasteiger partial charge in [0.25, 0.3) is 0 Å². The van der Waals surface area contributed by atoms with E-state index in [2.05, 4.69) is 48.6 Å². The SMILES string of the molecule is CNCC(Cc1ccc(C)cc1)c1ccc(Cl)cc1. The van der Waals surface area contributed by atoms with E-state index in [1.165, 1.54) is 16.7 Å². The van der Waals surface area contributed by atoms with E-state index in [9.17, 15) is 0 Å². The largest absolute Gasteiger partial charge is 0.319 e. The normalized spacial score (nSPS) is 12.4. The summed E-state index contributed by atoms with van der Waals surface area (Å²) in [7, 11) is 2.00. The van der Waals surface area contributed by atoms with Crippen LogP contribution in [0.2, 0.25) is 5.02 Å². The number of nitrogens with one attached hydrogen (secondary N) is 1. The fourth-order valence-electron chi connectivity index (χ4n) is 2.30. The van der Waals surface area contributed by atoms with Gasteiger partial charge in [-0.3, -0.25) is 0 Å². The van der Waals surface area contributed by atoms with Crippen molar-refractivity contribution in [3.05, 3.63) is 70.2 Å². The minimum atomic E-state index is 0.477. The highest BCUT2D eigenvalue weighted by Gasteiger charge is 2.11. The van der Waals surface area contributed by atoms with Crippen LogP contribution in [-0.2, 0) is 6.42 Å². The van der Waals surface area contributed by atoms with Crippen molar-refractivity contribution in [2.24, 2.45) is 0 Å². The molecule has 0 saturated carbocycles. The number of likely N-dealkylation sites (N-methyl/N-ethyl adjacent to an activating group) is 1. The van der Waals surface area contributed by atoms with Gasteiger partial charge in [0.1, 0.15) is 0 Å². The van der Waals surface area contributed by atoms with Crippen LogP contribution in [0.1, 0.15) is 22.6 Å². The lowest BCUT2D eigenvalue weighted by Crippen LogP contribution is -2.19. The van der Waals surface area contributed by atoms with E-state index in [1.54, 1.807) is 0 Å². The topological polar surface area (TPSA) is 12.0 Å². The Balaban J connectivity index is 2.15. The van der Waals surface area contributed by atoms with Gasteiger partial charge in [0.05, 0.1) is 0 Å². The lowest BCUT2D eigenvalue weighted by Gasteiger charge is -2.17. The fourth-order valence-corrected chi connectivity index (χ4v) is 2.42. The number of halogens is 1. The summed E-state index contributed by atoms with van der Waals surface area (Å²) in [4.78, 5) is 0. The Bertz CT molecular complexity index is 502. The number of benzene rings is 2. The van der Waals surface area contributed by atoms with Crippen LogP contribution in [0.5, 0.6) is 0 Å². The Hall–Kier alpha value is -1.31. The van der Waals surface area contributed by atoms with Gasteiger partial charge in [-0.15, -0.1) is 0 Å². The molecule has 0 aliphatic rings. The molecule has 1 nitrogen and oxygen atoms in total. The van der Waals surface area contributed by atoms with Gasteiger partial charge in [0.2, 0.25) is 0 Å². The molecule has 100 valence electrons. The second kappa shape index (κ2) is 6.74. The molecule has 2 aromatic rings. The summed E-state index contributed by atoms with van der Waals surface area (Å²) in [6, 6.07) is 17.0. The van der Waals surface area contributed by atoms with Crippen LogP contribution in [0.3, 0.4) is 0 Å². The summed E-state index contributed by atoms with van der Waals surface area (Å²) >= 11 is 5.96. The van der Waals surface area contributed by atoms with Gasteiger partial charge in [-0.05, 0) is 43.7 Å². The van der Waals surface area contributed by atoms with E-state index in [0.29, 0.717) is 5.92 Å². The van der Waals surface area contributed by atoms with E-state index < -0.39 is 0 Å². The van der Waals surface area contributed by atoms with Crippen LogP contribution in [0.4, 0.5) is 0 Å². The molecule has 2 aromatic carbocycles. The van der Waals surface area contributed by atoms with E-state index in [0.717, 1.165) is 18.0 Å². The molecule has 0 saturated heterocycles. The molecular weight excluding hydrogens is 254 g/mol. The Morgan fingerprint density at radius 2 is 1.63 bits per heavy atom. The molecule has 1 N–H and O–H groups in total. The Kier molecular flexibility index (Phi) is 5.00. The van der Waals surface area contributed by atoms with Gasteiger partial charge >= 0.3 is 0 Å². The zero-order chi connectivity index (χ0) is 13.7. The molecule has 1 unspecified atom stereocenters. The van der Waals surface area contributed by atoms with E-state index in [4.69, 9.17) is 11.6 Å². The summed E-state index contributed by atoms with van der Waals surface area (Å²) in [6.07, 6.45) is 1.04. The first-order valence-corrected chi connectivity index (χ1v) is 7.02.